The van der Waals surface area contributed by atoms with Crippen molar-refractivity contribution in [1.29, 1.82) is 0 Å². The Labute approximate surface area is 88.8 Å². The molecule has 2 heteroatoms. The molecule has 0 radical (unpaired) electrons. The topological polar surface area (TPSA) is 17.1 Å². The minimum absolute atomic E-state index is 0.343. The van der Waals surface area contributed by atoms with Gasteiger partial charge in [-0.25, -0.2) is 0 Å². The van der Waals surface area contributed by atoms with E-state index in [-0.39, 0.29) is 0 Å². The maximum absolute atomic E-state index is 11.6. The Morgan fingerprint density at radius 1 is 1.14 bits per heavy atom. The second-order valence-corrected chi connectivity index (χ2v) is 6.20. The predicted octanol–water partition coefficient (Wildman–Crippen LogP) is 2.84. The quantitative estimate of drug-likeness (QED) is 0.680. The third-order valence-corrected chi connectivity index (χ3v) is 5.15. The molecule has 0 N–H and O–H groups in total. The molecule has 2 aliphatic rings. The number of carbonyl (C=O) groups is 1. The SMILES string of the molecule is C[C](=O)[Fe]([C]1=CC=CC1)[C]1=CC=CC1. The van der Waals surface area contributed by atoms with Gasteiger partial charge < -0.3 is 0 Å². The van der Waals surface area contributed by atoms with E-state index in [4.69, 9.17) is 0 Å². The molecule has 0 atom stereocenters. The van der Waals surface area contributed by atoms with Crippen LogP contribution in [-0.2, 0) is 18.7 Å². The van der Waals surface area contributed by atoms with E-state index in [9.17, 15) is 4.79 Å². The Morgan fingerprint density at radius 2 is 1.64 bits per heavy atom. The molecule has 1 nitrogen and oxygen atoms in total. The molecular weight excluding hydrogens is 216 g/mol. The van der Waals surface area contributed by atoms with Crippen molar-refractivity contribution >= 4 is 4.68 Å². The fourth-order valence-corrected chi connectivity index (χ4v) is 4.31. The van der Waals surface area contributed by atoms with Gasteiger partial charge in [0.15, 0.2) is 0 Å². The molecule has 0 unspecified atom stereocenters. The summed E-state index contributed by atoms with van der Waals surface area (Å²) in [6.07, 6.45) is 14.5. The molecule has 75 valence electrons. The molecule has 0 amide bonds. The van der Waals surface area contributed by atoms with Crippen LogP contribution >= 0.6 is 0 Å². The summed E-state index contributed by atoms with van der Waals surface area (Å²) in [4.78, 5) is 11.6. The van der Waals surface area contributed by atoms with Gasteiger partial charge in [0.2, 0.25) is 0 Å². The number of carbonyl (C=O) groups excluding carboxylic acids is 1. The first-order chi connectivity index (χ1) is 6.79. The fraction of sp³-hybridized carbons (Fsp3) is 0.250. The molecule has 0 saturated carbocycles. The summed E-state index contributed by atoms with van der Waals surface area (Å²) in [7, 11) is 0. The number of hydrogen-bond acceptors (Lipinski definition) is 1. The van der Waals surface area contributed by atoms with Gasteiger partial charge in [-0.05, 0) is 0 Å². The number of hydrogen-bond donors (Lipinski definition) is 0. The maximum atomic E-state index is 11.6. The predicted molar refractivity (Wildman–Crippen MR) is 54.4 cm³/mol. The van der Waals surface area contributed by atoms with Crippen LogP contribution in [0.3, 0.4) is 0 Å². The van der Waals surface area contributed by atoms with Crippen LogP contribution in [0.25, 0.3) is 0 Å². The van der Waals surface area contributed by atoms with Crippen LogP contribution in [0.2, 0.25) is 0 Å². The molecule has 0 aromatic rings. The second-order valence-electron chi connectivity index (χ2n) is 3.18. The van der Waals surface area contributed by atoms with Crippen LogP contribution in [0.5, 0.6) is 0 Å². The van der Waals surface area contributed by atoms with Crippen molar-refractivity contribution in [2.45, 2.75) is 19.8 Å². The van der Waals surface area contributed by atoms with E-state index >= 15 is 0 Å². The third kappa shape index (κ3) is 1.82. The van der Waals surface area contributed by atoms with Crippen LogP contribution in [0.1, 0.15) is 19.8 Å². The van der Waals surface area contributed by atoms with Gasteiger partial charge in [0, 0.05) is 0 Å². The van der Waals surface area contributed by atoms with Crippen molar-refractivity contribution in [3.05, 3.63) is 45.4 Å². The number of rotatable bonds is 3. The molecule has 2 rings (SSSR count). The molecule has 0 bridgehead atoms. The molecule has 2 aliphatic carbocycles. The summed E-state index contributed by atoms with van der Waals surface area (Å²) in [6, 6.07) is 0. The summed E-state index contributed by atoms with van der Waals surface area (Å²) < 4.78 is 3.00. The van der Waals surface area contributed by atoms with Crippen molar-refractivity contribution in [1.82, 2.24) is 0 Å². The van der Waals surface area contributed by atoms with Crippen molar-refractivity contribution in [3.8, 4) is 0 Å². The van der Waals surface area contributed by atoms with E-state index in [2.05, 4.69) is 36.5 Å². The zero-order valence-electron chi connectivity index (χ0n) is 8.14. The molecule has 0 aliphatic heterocycles. The van der Waals surface area contributed by atoms with Crippen LogP contribution in [-0.4, -0.2) is 4.68 Å². The van der Waals surface area contributed by atoms with Gasteiger partial charge in [-0.15, -0.1) is 0 Å². The van der Waals surface area contributed by atoms with Crippen molar-refractivity contribution < 1.29 is 18.7 Å². The first-order valence-corrected chi connectivity index (χ1v) is 6.33. The zero-order chi connectivity index (χ0) is 9.97. The first-order valence-electron chi connectivity index (χ1n) is 4.67. The Bertz CT molecular complexity index is 342. The normalized spacial score (nSPS) is 19.6. The van der Waals surface area contributed by atoms with E-state index in [1.165, 1.54) is 8.94 Å². The minimum atomic E-state index is -0.861. The summed E-state index contributed by atoms with van der Waals surface area (Å²) in [5.74, 6) is 0. The van der Waals surface area contributed by atoms with Gasteiger partial charge in [0.25, 0.3) is 0 Å². The molecular formula is C12H13FeO. The van der Waals surface area contributed by atoms with E-state index in [0.717, 1.165) is 12.8 Å². The Morgan fingerprint density at radius 3 is 1.93 bits per heavy atom. The molecule has 14 heavy (non-hydrogen) atoms. The molecule has 0 fully saturated rings. The molecule has 0 saturated heterocycles. The van der Waals surface area contributed by atoms with Gasteiger partial charge in [-0.3, -0.25) is 0 Å². The van der Waals surface area contributed by atoms with Gasteiger partial charge in [0.1, 0.15) is 0 Å². The zero-order valence-corrected chi connectivity index (χ0v) is 9.24. The fourth-order valence-electron chi connectivity index (χ4n) is 1.56. The number of allylic oxidation sites excluding steroid dienone is 8. The standard InChI is InChI=1S/2C5H5.C2H3O.Fe/c2*1-2-4-5-3-1;1-2-3;/h2*1-3H,4H2;1H3;. The summed E-state index contributed by atoms with van der Waals surface area (Å²) in [6.45, 7) is 1.72. The van der Waals surface area contributed by atoms with Crippen molar-refractivity contribution in [3.63, 3.8) is 0 Å². The summed E-state index contributed by atoms with van der Waals surface area (Å²) >= 11 is -0.861. The molecule has 0 aromatic heterocycles. The third-order valence-electron chi connectivity index (χ3n) is 2.14. The molecule has 0 spiro atoms. The Balaban J connectivity index is 2.20. The summed E-state index contributed by atoms with van der Waals surface area (Å²) in [5.41, 5.74) is 0. The summed E-state index contributed by atoms with van der Waals surface area (Å²) in [5, 5.41) is 0. The second kappa shape index (κ2) is 4.12. The van der Waals surface area contributed by atoms with E-state index in [1.54, 1.807) is 6.92 Å². The average molecular weight is 229 g/mol. The van der Waals surface area contributed by atoms with Crippen LogP contribution < -0.4 is 0 Å². The van der Waals surface area contributed by atoms with Gasteiger partial charge in [-0.2, -0.15) is 0 Å². The van der Waals surface area contributed by atoms with Crippen LogP contribution in [0.4, 0.5) is 0 Å². The van der Waals surface area contributed by atoms with Crippen molar-refractivity contribution in [2.75, 3.05) is 0 Å². The molecule has 0 heterocycles. The first kappa shape index (κ1) is 9.69. The van der Waals surface area contributed by atoms with Crippen LogP contribution in [0, 0.1) is 0 Å². The van der Waals surface area contributed by atoms with Crippen molar-refractivity contribution in [2.24, 2.45) is 0 Å². The van der Waals surface area contributed by atoms with E-state index in [0.29, 0.717) is 4.68 Å². The van der Waals surface area contributed by atoms with E-state index in [1.807, 2.05) is 0 Å². The Hall–Kier alpha value is -0.851. The Kier molecular flexibility index (Phi) is 2.85. The van der Waals surface area contributed by atoms with Gasteiger partial charge in [-0.1, -0.05) is 0 Å². The van der Waals surface area contributed by atoms with Gasteiger partial charge in [0.05, 0.1) is 0 Å². The van der Waals surface area contributed by atoms with Gasteiger partial charge >= 0.3 is 88.5 Å². The monoisotopic (exact) mass is 229 g/mol. The van der Waals surface area contributed by atoms with E-state index < -0.39 is 13.9 Å². The average Bonchev–Trinajstić information content (AvgIpc) is 2.75. The van der Waals surface area contributed by atoms with Crippen LogP contribution in [0.15, 0.2) is 45.4 Å². The molecule has 0 aromatic carbocycles.